The van der Waals surface area contributed by atoms with Crippen LogP contribution < -0.4 is 5.36 Å². The fraction of sp³-hybridized carbons (Fsp3) is 0.167. The predicted molar refractivity (Wildman–Crippen MR) is 110 cm³/mol. The summed E-state index contributed by atoms with van der Waals surface area (Å²) in [6, 6.07) is 17.2. The second kappa shape index (κ2) is 4.74. The number of hydrogen-bond donors (Lipinski definition) is 0. The molecule has 130 valence electrons. The minimum absolute atomic E-state index is 0.134. The Bertz CT molecular complexity index is 1450. The number of benzene rings is 2. The van der Waals surface area contributed by atoms with Gasteiger partial charge in [0.05, 0.1) is 22.1 Å². The summed E-state index contributed by atoms with van der Waals surface area (Å²) in [5.41, 5.74) is 8.07. The number of hydrogen-bond acceptors (Lipinski definition) is 2. The van der Waals surface area contributed by atoms with Crippen LogP contribution in [0.15, 0.2) is 65.9 Å². The average Bonchev–Trinajstić information content (AvgIpc) is 2.99. The van der Waals surface area contributed by atoms with E-state index in [-0.39, 0.29) is 5.41 Å². The second-order valence-corrected chi connectivity index (χ2v) is 8.09. The van der Waals surface area contributed by atoms with Gasteiger partial charge in [-0.05, 0) is 30.7 Å². The highest BCUT2D eigenvalue weighted by atomic mass is 14.9. The van der Waals surface area contributed by atoms with Gasteiger partial charge in [0.1, 0.15) is 5.52 Å². The SMILES string of the molecule is Cc1ccc2c(c1)C(C)(C)c1cn3c4ccccc4c4ccnc(c1=N2)c43. The molecule has 0 fully saturated rings. The van der Waals surface area contributed by atoms with Gasteiger partial charge >= 0.3 is 0 Å². The van der Waals surface area contributed by atoms with E-state index >= 15 is 0 Å². The molecular weight excluding hydrogens is 330 g/mol. The first kappa shape index (κ1) is 14.9. The van der Waals surface area contributed by atoms with Gasteiger partial charge in [0.2, 0.25) is 0 Å². The number of fused-ring (bicyclic) bond motifs is 6. The van der Waals surface area contributed by atoms with Crippen LogP contribution in [0.2, 0.25) is 0 Å². The van der Waals surface area contributed by atoms with Gasteiger partial charge in [-0.3, -0.25) is 4.98 Å². The van der Waals surface area contributed by atoms with Crippen LogP contribution in [0.3, 0.4) is 0 Å². The molecule has 0 amide bonds. The van der Waals surface area contributed by atoms with E-state index in [0.29, 0.717) is 0 Å². The molecule has 5 aromatic rings. The van der Waals surface area contributed by atoms with Gasteiger partial charge in [-0.25, -0.2) is 4.99 Å². The van der Waals surface area contributed by atoms with Crippen LogP contribution in [0.4, 0.5) is 5.69 Å². The predicted octanol–water partition coefficient (Wildman–Crippen LogP) is 5.26. The lowest BCUT2D eigenvalue weighted by molar-refractivity contribution is 0.621. The third kappa shape index (κ3) is 1.76. The van der Waals surface area contributed by atoms with Gasteiger partial charge in [-0.2, -0.15) is 0 Å². The maximum atomic E-state index is 5.07. The van der Waals surface area contributed by atoms with E-state index in [4.69, 9.17) is 9.98 Å². The van der Waals surface area contributed by atoms with Crippen molar-refractivity contribution < 1.29 is 0 Å². The highest BCUT2D eigenvalue weighted by molar-refractivity contribution is 6.12. The van der Waals surface area contributed by atoms with Crippen molar-refractivity contribution in [3.63, 3.8) is 0 Å². The average molecular weight is 349 g/mol. The first-order chi connectivity index (χ1) is 13.1. The Kier molecular flexibility index (Phi) is 2.62. The highest BCUT2D eigenvalue weighted by Gasteiger charge is 2.33. The van der Waals surface area contributed by atoms with Crippen molar-refractivity contribution in [2.24, 2.45) is 4.99 Å². The van der Waals surface area contributed by atoms with Gasteiger partial charge in [0.25, 0.3) is 0 Å². The lowest BCUT2D eigenvalue weighted by Gasteiger charge is -2.31. The largest absolute Gasteiger partial charge is 0.313 e. The Balaban J connectivity index is 1.90. The standard InChI is InChI=1S/C24H19N3/c1-14-8-9-19-17(12-14)24(2,3)18-13-27-20-7-5-4-6-15(20)16-10-11-25-22(23(16)27)21(18)26-19/h4-13H,1-3H3. The summed E-state index contributed by atoms with van der Waals surface area (Å²) in [4.78, 5) is 9.85. The van der Waals surface area contributed by atoms with Crippen molar-refractivity contribution in [1.29, 1.82) is 0 Å². The lowest BCUT2D eigenvalue weighted by atomic mass is 9.75. The zero-order valence-corrected chi connectivity index (χ0v) is 15.6. The summed E-state index contributed by atoms with van der Waals surface area (Å²) in [6.45, 7) is 6.73. The first-order valence-corrected chi connectivity index (χ1v) is 9.36. The molecule has 3 aromatic heterocycles. The number of aryl methyl sites for hydroxylation is 1. The Labute approximate surface area is 157 Å². The monoisotopic (exact) mass is 349 g/mol. The van der Waals surface area contributed by atoms with Crippen LogP contribution in [0.25, 0.3) is 27.3 Å². The number of nitrogens with zero attached hydrogens (tertiary/aromatic N) is 3. The summed E-state index contributed by atoms with van der Waals surface area (Å²) in [5.74, 6) is 0. The Morgan fingerprint density at radius 1 is 0.926 bits per heavy atom. The summed E-state index contributed by atoms with van der Waals surface area (Å²) >= 11 is 0. The Morgan fingerprint density at radius 2 is 1.78 bits per heavy atom. The molecule has 1 aliphatic rings. The van der Waals surface area contributed by atoms with Crippen molar-refractivity contribution in [1.82, 2.24) is 9.38 Å². The molecule has 1 aliphatic heterocycles. The molecule has 3 nitrogen and oxygen atoms in total. The molecule has 27 heavy (non-hydrogen) atoms. The van der Waals surface area contributed by atoms with Crippen LogP contribution >= 0.6 is 0 Å². The van der Waals surface area contributed by atoms with E-state index in [1.807, 2.05) is 6.20 Å². The van der Waals surface area contributed by atoms with Crippen molar-refractivity contribution in [2.45, 2.75) is 26.2 Å². The Hall–Kier alpha value is -3.20. The molecule has 0 radical (unpaired) electrons. The van der Waals surface area contributed by atoms with Gasteiger partial charge in [0.15, 0.2) is 0 Å². The molecule has 0 saturated carbocycles. The molecule has 0 N–H and O–H groups in total. The maximum absolute atomic E-state index is 5.07. The third-order valence-electron chi connectivity index (χ3n) is 6.09. The van der Waals surface area contributed by atoms with E-state index < -0.39 is 0 Å². The van der Waals surface area contributed by atoms with Crippen molar-refractivity contribution in [2.75, 3.05) is 0 Å². The van der Waals surface area contributed by atoms with Gasteiger partial charge in [-0.1, -0.05) is 49.7 Å². The van der Waals surface area contributed by atoms with E-state index in [0.717, 1.165) is 22.1 Å². The lowest BCUT2D eigenvalue weighted by Crippen LogP contribution is -2.32. The Morgan fingerprint density at radius 3 is 2.67 bits per heavy atom. The van der Waals surface area contributed by atoms with Crippen LogP contribution in [0.5, 0.6) is 0 Å². The number of aromatic nitrogens is 2. The van der Waals surface area contributed by atoms with E-state index in [2.05, 4.69) is 79.9 Å². The fourth-order valence-corrected chi connectivity index (χ4v) is 4.66. The molecule has 0 unspecified atom stereocenters. The summed E-state index contributed by atoms with van der Waals surface area (Å²) < 4.78 is 2.31. The van der Waals surface area contributed by atoms with Crippen LogP contribution in [0, 0.1) is 6.92 Å². The topological polar surface area (TPSA) is 29.7 Å². The molecule has 0 bridgehead atoms. The number of para-hydroxylation sites is 1. The first-order valence-electron chi connectivity index (χ1n) is 9.36. The minimum Gasteiger partial charge on any atom is -0.313 e. The zero-order chi connectivity index (χ0) is 18.3. The smallest absolute Gasteiger partial charge is 0.114 e. The highest BCUT2D eigenvalue weighted by Crippen LogP contribution is 2.41. The minimum atomic E-state index is -0.134. The summed E-state index contributed by atoms with van der Waals surface area (Å²) in [5, 5.41) is 3.51. The third-order valence-corrected chi connectivity index (χ3v) is 6.09. The van der Waals surface area contributed by atoms with E-state index in [1.165, 1.54) is 33.0 Å². The fourth-order valence-electron chi connectivity index (χ4n) is 4.66. The molecule has 4 heterocycles. The molecule has 0 spiro atoms. The summed E-state index contributed by atoms with van der Waals surface area (Å²) in [7, 11) is 0. The van der Waals surface area contributed by atoms with Crippen molar-refractivity contribution in [3.8, 4) is 0 Å². The van der Waals surface area contributed by atoms with E-state index in [9.17, 15) is 0 Å². The normalized spacial score (nSPS) is 15.1. The zero-order valence-electron chi connectivity index (χ0n) is 15.6. The molecule has 6 rings (SSSR count). The molecule has 0 atom stereocenters. The van der Waals surface area contributed by atoms with Gasteiger partial charge < -0.3 is 4.40 Å². The quantitative estimate of drug-likeness (QED) is 0.375. The van der Waals surface area contributed by atoms with E-state index in [1.54, 1.807) is 0 Å². The second-order valence-electron chi connectivity index (χ2n) is 8.09. The molecule has 0 aliphatic carbocycles. The summed E-state index contributed by atoms with van der Waals surface area (Å²) in [6.07, 6.45) is 4.20. The number of pyridine rings is 2. The maximum Gasteiger partial charge on any atom is 0.114 e. The molecule has 3 heteroatoms. The van der Waals surface area contributed by atoms with Gasteiger partial charge in [0, 0.05) is 34.1 Å². The molecular formula is C24H19N3. The molecule has 2 aromatic carbocycles. The molecule has 0 saturated heterocycles. The van der Waals surface area contributed by atoms with Crippen molar-refractivity contribution in [3.05, 3.63) is 83.0 Å². The van der Waals surface area contributed by atoms with Crippen LogP contribution in [-0.4, -0.2) is 9.38 Å². The van der Waals surface area contributed by atoms with Crippen molar-refractivity contribution >= 4 is 33.0 Å². The number of rotatable bonds is 0. The van der Waals surface area contributed by atoms with Crippen LogP contribution in [0.1, 0.15) is 30.5 Å². The van der Waals surface area contributed by atoms with Gasteiger partial charge in [-0.15, -0.1) is 0 Å². The van der Waals surface area contributed by atoms with Crippen LogP contribution in [-0.2, 0) is 5.41 Å².